The molecule has 0 aliphatic carbocycles. The van der Waals surface area contributed by atoms with Crippen molar-refractivity contribution in [2.45, 2.75) is 6.92 Å². The fourth-order valence-corrected chi connectivity index (χ4v) is 2.45. The molecule has 1 N–H and O–H groups in total. The van der Waals surface area contributed by atoms with Gasteiger partial charge in [-0.25, -0.2) is 18.0 Å². The SMILES string of the molecule is CCOC(=O)c1cc2cccc(-c3cc(F)cc(F)c3F)c2[nH]1. The molecule has 6 heteroatoms. The summed E-state index contributed by atoms with van der Waals surface area (Å²) in [5.74, 6) is -3.85. The molecule has 0 saturated carbocycles. The minimum absolute atomic E-state index is 0.187. The zero-order valence-electron chi connectivity index (χ0n) is 12.1. The van der Waals surface area contributed by atoms with E-state index >= 15 is 0 Å². The van der Waals surface area contributed by atoms with Crippen LogP contribution in [0.2, 0.25) is 0 Å². The summed E-state index contributed by atoms with van der Waals surface area (Å²) >= 11 is 0. The van der Waals surface area contributed by atoms with E-state index in [4.69, 9.17) is 4.74 Å². The van der Waals surface area contributed by atoms with Gasteiger partial charge in [0.05, 0.1) is 12.1 Å². The molecule has 3 nitrogen and oxygen atoms in total. The number of ether oxygens (including phenoxy) is 1. The highest BCUT2D eigenvalue weighted by Crippen LogP contribution is 2.32. The van der Waals surface area contributed by atoms with Crippen molar-refractivity contribution in [2.75, 3.05) is 6.61 Å². The third-order valence-electron chi connectivity index (χ3n) is 3.43. The first-order chi connectivity index (χ1) is 11.0. The van der Waals surface area contributed by atoms with Crippen LogP contribution in [0.5, 0.6) is 0 Å². The lowest BCUT2D eigenvalue weighted by Gasteiger charge is -2.06. The Morgan fingerprint density at radius 2 is 1.91 bits per heavy atom. The highest BCUT2D eigenvalue weighted by molar-refractivity contribution is 6.00. The Bertz CT molecular complexity index is 902. The summed E-state index contributed by atoms with van der Waals surface area (Å²) in [6.45, 7) is 1.89. The van der Waals surface area contributed by atoms with Crippen molar-refractivity contribution < 1.29 is 22.7 Å². The van der Waals surface area contributed by atoms with Crippen LogP contribution < -0.4 is 0 Å². The maximum atomic E-state index is 14.0. The van der Waals surface area contributed by atoms with Gasteiger partial charge in [-0.3, -0.25) is 0 Å². The second kappa shape index (κ2) is 5.79. The molecule has 0 saturated heterocycles. The van der Waals surface area contributed by atoms with E-state index in [2.05, 4.69) is 4.98 Å². The van der Waals surface area contributed by atoms with Gasteiger partial charge in [-0.15, -0.1) is 0 Å². The van der Waals surface area contributed by atoms with Crippen molar-refractivity contribution in [2.24, 2.45) is 0 Å². The zero-order chi connectivity index (χ0) is 16.6. The van der Waals surface area contributed by atoms with Crippen molar-refractivity contribution in [3.63, 3.8) is 0 Å². The number of nitrogens with one attached hydrogen (secondary N) is 1. The Kier molecular flexibility index (Phi) is 3.82. The third kappa shape index (κ3) is 2.67. The van der Waals surface area contributed by atoms with E-state index in [1.165, 1.54) is 6.07 Å². The van der Waals surface area contributed by atoms with Gasteiger partial charge < -0.3 is 9.72 Å². The summed E-state index contributed by atoms with van der Waals surface area (Å²) in [6.07, 6.45) is 0. The Morgan fingerprint density at radius 1 is 1.13 bits per heavy atom. The molecule has 2 aromatic carbocycles. The number of carbonyl (C=O) groups is 1. The summed E-state index contributed by atoms with van der Waals surface area (Å²) in [6, 6.07) is 7.78. The molecule has 0 spiro atoms. The number of fused-ring (bicyclic) bond motifs is 1. The number of hydrogen-bond acceptors (Lipinski definition) is 2. The Hall–Kier alpha value is -2.76. The lowest BCUT2D eigenvalue weighted by atomic mass is 10.0. The number of H-pyrrole nitrogens is 1. The molecular weight excluding hydrogens is 307 g/mol. The molecule has 3 aromatic rings. The van der Waals surface area contributed by atoms with Crippen molar-refractivity contribution in [1.29, 1.82) is 0 Å². The first kappa shape index (κ1) is 15.1. The number of hydrogen-bond donors (Lipinski definition) is 1. The fraction of sp³-hybridized carbons (Fsp3) is 0.118. The highest BCUT2D eigenvalue weighted by Gasteiger charge is 2.17. The van der Waals surface area contributed by atoms with E-state index in [-0.39, 0.29) is 23.4 Å². The van der Waals surface area contributed by atoms with Crippen LogP contribution in [0.15, 0.2) is 36.4 Å². The van der Waals surface area contributed by atoms with Crippen LogP contribution >= 0.6 is 0 Å². The van der Waals surface area contributed by atoms with Crippen LogP contribution in [0.25, 0.3) is 22.0 Å². The molecule has 0 aliphatic rings. The van der Waals surface area contributed by atoms with Gasteiger partial charge in [-0.2, -0.15) is 0 Å². The fourth-order valence-electron chi connectivity index (χ4n) is 2.45. The van der Waals surface area contributed by atoms with Gasteiger partial charge in [-0.05, 0) is 19.1 Å². The molecule has 0 fully saturated rings. The van der Waals surface area contributed by atoms with Crippen LogP contribution in [0.3, 0.4) is 0 Å². The number of esters is 1. The maximum Gasteiger partial charge on any atom is 0.354 e. The van der Waals surface area contributed by atoms with Gasteiger partial charge >= 0.3 is 5.97 Å². The van der Waals surface area contributed by atoms with Gasteiger partial charge in [0.15, 0.2) is 11.6 Å². The molecular formula is C17H12F3NO2. The van der Waals surface area contributed by atoms with E-state index < -0.39 is 23.4 Å². The number of aromatic nitrogens is 1. The van der Waals surface area contributed by atoms with Gasteiger partial charge in [0.2, 0.25) is 0 Å². The number of para-hydroxylation sites is 1. The van der Waals surface area contributed by atoms with E-state index in [0.29, 0.717) is 17.0 Å². The summed E-state index contributed by atoms with van der Waals surface area (Å²) in [5.41, 5.74) is 0.630. The van der Waals surface area contributed by atoms with Gasteiger partial charge in [0, 0.05) is 22.6 Å². The largest absolute Gasteiger partial charge is 0.461 e. The lowest BCUT2D eigenvalue weighted by Crippen LogP contribution is -2.04. The molecule has 1 heterocycles. The highest BCUT2D eigenvalue weighted by atomic mass is 19.2. The smallest absolute Gasteiger partial charge is 0.354 e. The number of carbonyl (C=O) groups excluding carboxylic acids is 1. The monoisotopic (exact) mass is 319 g/mol. The Labute approximate surface area is 129 Å². The van der Waals surface area contributed by atoms with E-state index in [1.54, 1.807) is 25.1 Å². The van der Waals surface area contributed by atoms with Crippen LogP contribution in [0.4, 0.5) is 13.2 Å². The zero-order valence-corrected chi connectivity index (χ0v) is 12.1. The number of benzene rings is 2. The van der Waals surface area contributed by atoms with Crippen LogP contribution in [0.1, 0.15) is 17.4 Å². The Balaban J connectivity index is 2.21. The number of rotatable bonds is 3. The minimum Gasteiger partial charge on any atom is -0.461 e. The predicted molar refractivity (Wildman–Crippen MR) is 79.6 cm³/mol. The average molecular weight is 319 g/mol. The average Bonchev–Trinajstić information content (AvgIpc) is 2.95. The van der Waals surface area contributed by atoms with Crippen LogP contribution in [-0.4, -0.2) is 17.6 Å². The number of aromatic amines is 1. The predicted octanol–water partition coefficient (Wildman–Crippen LogP) is 4.43. The third-order valence-corrected chi connectivity index (χ3v) is 3.43. The molecule has 0 amide bonds. The van der Waals surface area contributed by atoms with Crippen LogP contribution in [0, 0.1) is 17.5 Å². The van der Waals surface area contributed by atoms with Crippen LogP contribution in [-0.2, 0) is 4.74 Å². The van der Waals surface area contributed by atoms with Gasteiger partial charge in [0.1, 0.15) is 11.5 Å². The summed E-state index contributed by atoms with van der Waals surface area (Å²) in [4.78, 5) is 14.6. The first-order valence-corrected chi connectivity index (χ1v) is 6.95. The lowest BCUT2D eigenvalue weighted by molar-refractivity contribution is 0.0520. The van der Waals surface area contributed by atoms with Crippen molar-refractivity contribution in [1.82, 2.24) is 4.98 Å². The maximum absolute atomic E-state index is 14.0. The normalized spacial score (nSPS) is 11.0. The quantitative estimate of drug-likeness (QED) is 0.573. The standard InChI is InChI=1S/C17H12F3NO2/c1-2-23-17(22)14-6-9-4-3-5-11(16(9)21-14)12-7-10(18)8-13(19)15(12)20/h3-8,21H,2H2,1H3. The first-order valence-electron chi connectivity index (χ1n) is 6.95. The Morgan fingerprint density at radius 3 is 2.65 bits per heavy atom. The van der Waals surface area contributed by atoms with E-state index in [0.717, 1.165) is 6.07 Å². The molecule has 0 aliphatic heterocycles. The summed E-state index contributed by atoms with van der Waals surface area (Å²) < 4.78 is 45.8. The van der Waals surface area contributed by atoms with Crippen molar-refractivity contribution >= 4 is 16.9 Å². The van der Waals surface area contributed by atoms with Crippen molar-refractivity contribution in [3.8, 4) is 11.1 Å². The summed E-state index contributed by atoms with van der Waals surface area (Å²) in [5, 5.41) is 0.606. The molecule has 0 atom stereocenters. The van der Waals surface area contributed by atoms with E-state index in [9.17, 15) is 18.0 Å². The molecule has 118 valence electrons. The van der Waals surface area contributed by atoms with E-state index in [1.807, 2.05) is 0 Å². The van der Waals surface area contributed by atoms with Crippen molar-refractivity contribution in [3.05, 3.63) is 59.5 Å². The molecule has 23 heavy (non-hydrogen) atoms. The molecule has 1 aromatic heterocycles. The topological polar surface area (TPSA) is 42.1 Å². The molecule has 3 rings (SSSR count). The van der Waals surface area contributed by atoms with Gasteiger partial charge in [-0.1, -0.05) is 18.2 Å². The van der Waals surface area contributed by atoms with Gasteiger partial charge in [0.25, 0.3) is 0 Å². The number of halogens is 3. The minimum atomic E-state index is -1.27. The summed E-state index contributed by atoms with van der Waals surface area (Å²) in [7, 11) is 0. The molecule has 0 bridgehead atoms. The molecule has 0 unspecified atom stereocenters. The molecule has 0 radical (unpaired) electrons. The second-order valence-electron chi connectivity index (χ2n) is 4.92. The second-order valence-corrected chi connectivity index (χ2v) is 4.92.